The monoisotopic (exact) mass is 359 g/mol. The third kappa shape index (κ3) is 6.35. The van der Waals surface area contributed by atoms with Crippen molar-refractivity contribution in [1.82, 2.24) is 4.90 Å². The van der Waals surface area contributed by atoms with Crippen LogP contribution in [0.1, 0.15) is 18.4 Å². The van der Waals surface area contributed by atoms with E-state index in [1.54, 1.807) is 7.11 Å². The maximum absolute atomic E-state index is 10.8. The highest BCUT2D eigenvalue weighted by Gasteiger charge is 2.14. The van der Waals surface area contributed by atoms with Gasteiger partial charge in [-0.25, -0.2) is 0 Å². The number of benzene rings is 1. The number of hydrogen-bond donors (Lipinski definition) is 1. The van der Waals surface area contributed by atoms with E-state index in [0.29, 0.717) is 24.5 Å². The van der Waals surface area contributed by atoms with Gasteiger partial charge in [-0.15, -0.1) is 0 Å². The Morgan fingerprint density at radius 1 is 1.38 bits per heavy atom. The quantitative estimate of drug-likeness (QED) is 0.687. The number of carbonyl (C=O) groups is 1. The largest absolute Gasteiger partial charge is 0.493 e. The number of rotatable bonds is 9. The van der Waals surface area contributed by atoms with Crippen molar-refractivity contribution in [2.45, 2.75) is 19.3 Å². The number of halogens is 1. The molecule has 0 heterocycles. The van der Waals surface area contributed by atoms with Crippen LogP contribution in [0.15, 0.2) is 16.6 Å². The summed E-state index contributed by atoms with van der Waals surface area (Å²) < 4.78 is 12.0. The molecule has 0 atom stereocenters. The molecule has 118 valence electrons. The number of hydrogen-bond acceptors (Lipinski definition) is 4. The molecular weight excluding hydrogens is 338 g/mol. The number of carboxylic acids is 1. The van der Waals surface area contributed by atoms with E-state index in [-0.39, 0.29) is 6.42 Å². The van der Waals surface area contributed by atoms with E-state index in [1.807, 2.05) is 26.2 Å². The van der Waals surface area contributed by atoms with Gasteiger partial charge in [0.05, 0.1) is 13.7 Å². The predicted octanol–water partition coefficient (Wildman–Crippen LogP) is 2.81. The fraction of sp³-hybridized carbons (Fsp3) is 0.533. The summed E-state index contributed by atoms with van der Waals surface area (Å²) in [6.45, 7) is 1.50. The van der Waals surface area contributed by atoms with Gasteiger partial charge >= 0.3 is 5.97 Å². The summed E-state index contributed by atoms with van der Waals surface area (Å²) in [4.78, 5) is 12.9. The molecule has 1 rings (SSSR count). The van der Waals surface area contributed by atoms with Gasteiger partial charge in [0, 0.05) is 17.4 Å². The Hall–Kier alpha value is -1.27. The lowest BCUT2D eigenvalue weighted by Gasteiger charge is -2.16. The molecule has 0 saturated heterocycles. The minimum Gasteiger partial charge on any atom is -0.493 e. The topological polar surface area (TPSA) is 59.0 Å². The van der Waals surface area contributed by atoms with E-state index >= 15 is 0 Å². The van der Waals surface area contributed by atoms with Gasteiger partial charge in [-0.05, 0) is 44.6 Å². The van der Waals surface area contributed by atoms with Crippen LogP contribution in [-0.4, -0.2) is 50.3 Å². The Bertz CT molecular complexity index is 477. The van der Waals surface area contributed by atoms with Crippen molar-refractivity contribution in [1.29, 1.82) is 0 Å². The SMILES string of the molecule is COc1cc(Br)cc(CCC(=O)O)c1OCCCN(C)C. The average molecular weight is 360 g/mol. The number of aliphatic carboxylic acids is 1. The second kappa shape index (κ2) is 8.89. The lowest BCUT2D eigenvalue weighted by atomic mass is 10.1. The molecule has 0 bridgehead atoms. The molecule has 0 unspecified atom stereocenters. The summed E-state index contributed by atoms with van der Waals surface area (Å²) in [6.07, 6.45) is 1.37. The van der Waals surface area contributed by atoms with Crippen molar-refractivity contribution in [3.8, 4) is 11.5 Å². The zero-order valence-corrected chi connectivity index (χ0v) is 14.3. The Labute approximate surface area is 134 Å². The fourth-order valence-electron chi connectivity index (χ4n) is 1.92. The molecule has 6 heteroatoms. The normalized spacial score (nSPS) is 10.7. The summed E-state index contributed by atoms with van der Waals surface area (Å²) in [5, 5.41) is 8.85. The molecule has 0 aliphatic rings. The van der Waals surface area contributed by atoms with Gasteiger partial charge in [-0.1, -0.05) is 15.9 Å². The first-order chi connectivity index (χ1) is 9.93. The Balaban J connectivity index is 2.83. The number of nitrogens with zero attached hydrogens (tertiary/aromatic N) is 1. The van der Waals surface area contributed by atoms with Gasteiger partial charge in [-0.2, -0.15) is 0 Å². The highest BCUT2D eigenvalue weighted by atomic mass is 79.9. The van der Waals surface area contributed by atoms with Gasteiger partial charge < -0.3 is 19.5 Å². The summed E-state index contributed by atoms with van der Waals surface area (Å²) in [6, 6.07) is 3.71. The van der Waals surface area contributed by atoms with Gasteiger partial charge in [0.25, 0.3) is 0 Å². The van der Waals surface area contributed by atoms with Crippen LogP contribution in [0.25, 0.3) is 0 Å². The van der Waals surface area contributed by atoms with Crippen molar-refractivity contribution in [3.63, 3.8) is 0 Å². The van der Waals surface area contributed by atoms with E-state index < -0.39 is 5.97 Å². The Morgan fingerprint density at radius 3 is 2.67 bits per heavy atom. The molecule has 0 fully saturated rings. The molecular formula is C15H22BrNO4. The zero-order valence-electron chi connectivity index (χ0n) is 12.7. The number of aryl methyl sites for hydroxylation is 1. The molecule has 0 saturated carbocycles. The smallest absolute Gasteiger partial charge is 0.303 e. The van der Waals surface area contributed by atoms with E-state index in [2.05, 4.69) is 20.8 Å². The third-order valence-corrected chi connectivity index (χ3v) is 3.38. The average Bonchev–Trinajstić information content (AvgIpc) is 2.41. The summed E-state index contributed by atoms with van der Waals surface area (Å²) >= 11 is 3.41. The van der Waals surface area contributed by atoms with Crippen molar-refractivity contribution in [3.05, 3.63) is 22.2 Å². The maximum atomic E-state index is 10.8. The molecule has 0 aliphatic carbocycles. The van der Waals surface area contributed by atoms with Crippen LogP contribution in [0.4, 0.5) is 0 Å². The molecule has 1 aromatic carbocycles. The van der Waals surface area contributed by atoms with Crippen LogP contribution in [0.2, 0.25) is 0 Å². The summed E-state index contributed by atoms with van der Waals surface area (Å²) in [7, 11) is 5.60. The van der Waals surface area contributed by atoms with E-state index in [1.165, 1.54) is 0 Å². The van der Waals surface area contributed by atoms with E-state index in [0.717, 1.165) is 23.0 Å². The molecule has 0 amide bonds. The number of carboxylic acid groups (broad SMARTS) is 1. The van der Waals surface area contributed by atoms with Crippen molar-refractivity contribution >= 4 is 21.9 Å². The molecule has 1 aromatic rings. The standard InChI is InChI=1S/C15H22BrNO4/c1-17(2)7-4-8-21-15-11(5-6-14(18)19)9-12(16)10-13(15)20-3/h9-10H,4-8H2,1-3H3,(H,18,19). The first-order valence-electron chi connectivity index (χ1n) is 6.79. The fourth-order valence-corrected chi connectivity index (χ4v) is 2.40. The van der Waals surface area contributed by atoms with Crippen molar-refractivity contribution in [2.24, 2.45) is 0 Å². The summed E-state index contributed by atoms with van der Waals surface area (Å²) in [5.41, 5.74) is 0.841. The third-order valence-electron chi connectivity index (χ3n) is 2.92. The predicted molar refractivity (Wildman–Crippen MR) is 85.3 cm³/mol. The van der Waals surface area contributed by atoms with Gasteiger partial charge in [-0.3, -0.25) is 4.79 Å². The number of methoxy groups -OCH3 is 1. The summed E-state index contributed by atoms with van der Waals surface area (Å²) in [5.74, 6) is 0.433. The molecule has 0 aromatic heterocycles. The van der Waals surface area contributed by atoms with Crippen molar-refractivity contribution < 1.29 is 19.4 Å². The van der Waals surface area contributed by atoms with Crippen LogP contribution in [0.3, 0.4) is 0 Å². The second-order valence-electron chi connectivity index (χ2n) is 5.00. The van der Waals surface area contributed by atoms with E-state index in [9.17, 15) is 4.79 Å². The molecule has 21 heavy (non-hydrogen) atoms. The van der Waals surface area contributed by atoms with Gasteiger partial charge in [0.2, 0.25) is 0 Å². The first-order valence-corrected chi connectivity index (χ1v) is 7.59. The number of ether oxygens (including phenoxy) is 2. The van der Waals surface area contributed by atoms with E-state index in [4.69, 9.17) is 14.6 Å². The molecule has 5 nitrogen and oxygen atoms in total. The van der Waals surface area contributed by atoms with Gasteiger partial charge in [0.1, 0.15) is 0 Å². The minimum atomic E-state index is -0.826. The lowest BCUT2D eigenvalue weighted by Crippen LogP contribution is -2.16. The van der Waals surface area contributed by atoms with Crippen molar-refractivity contribution in [2.75, 3.05) is 34.4 Å². The molecule has 0 spiro atoms. The lowest BCUT2D eigenvalue weighted by molar-refractivity contribution is -0.136. The van der Waals surface area contributed by atoms with Crippen LogP contribution in [0.5, 0.6) is 11.5 Å². The highest BCUT2D eigenvalue weighted by molar-refractivity contribution is 9.10. The molecule has 1 N–H and O–H groups in total. The molecule has 0 aliphatic heterocycles. The minimum absolute atomic E-state index is 0.0632. The molecule has 0 radical (unpaired) electrons. The Morgan fingerprint density at radius 2 is 2.10 bits per heavy atom. The van der Waals surface area contributed by atoms with Crippen LogP contribution in [-0.2, 0) is 11.2 Å². The van der Waals surface area contributed by atoms with Crippen LogP contribution < -0.4 is 9.47 Å². The second-order valence-corrected chi connectivity index (χ2v) is 5.91. The zero-order chi connectivity index (χ0) is 15.8. The van der Waals surface area contributed by atoms with Crippen LogP contribution >= 0.6 is 15.9 Å². The van der Waals surface area contributed by atoms with Crippen LogP contribution in [0, 0.1) is 0 Å². The highest BCUT2D eigenvalue weighted by Crippen LogP contribution is 2.35. The Kier molecular flexibility index (Phi) is 7.53. The maximum Gasteiger partial charge on any atom is 0.303 e. The first kappa shape index (κ1) is 17.8. The van der Waals surface area contributed by atoms with Gasteiger partial charge in [0.15, 0.2) is 11.5 Å².